The fourth-order valence-corrected chi connectivity index (χ4v) is 1.80. The van der Waals surface area contributed by atoms with Crippen molar-refractivity contribution in [2.75, 3.05) is 0 Å². The van der Waals surface area contributed by atoms with Crippen LogP contribution < -0.4 is 5.73 Å². The summed E-state index contributed by atoms with van der Waals surface area (Å²) >= 11 is 5.90. The smallest absolute Gasteiger partial charge is 0.0457 e. The Morgan fingerprint density at radius 2 is 2.21 bits per heavy atom. The van der Waals surface area contributed by atoms with Crippen LogP contribution in [0.4, 0.5) is 0 Å². The largest absolute Gasteiger partial charge is 0.358 e. The van der Waals surface area contributed by atoms with Crippen LogP contribution in [0.15, 0.2) is 24.3 Å². The Labute approximate surface area is 88.1 Å². The van der Waals surface area contributed by atoms with Crippen molar-refractivity contribution in [3.05, 3.63) is 35.0 Å². The molecule has 2 aromatic rings. The van der Waals surface area contributed by atoms with Crippen LogP contribution in [0.25, 0.3) is 10.9 Å². The summed E-state index contributed by atoms with van der Waals surface area (Å²) in [6.45, 7) is 2.00. The molecule has 0 fully saturated rings. The van der Waals surface area contributed by atoms with Gasteiger partial charge in [-0.1, -0.05) is 11.6 Å². The van der Waals surface area contributed by atoms with Crippen LogP contribution >= 0.6 is 11.6 Å². The molecule has 0 amide bonds. The number of hydrogen-bond donors (Lipinski definition) is 2. The number of rotatable bonds is 2. The molecule has 0 radical (unpaired) electrons. The van der Waals surface area contributed by atoms with Crippen molar-refractivity contribution in [2.24, 2.45) is 5.73 Å². The molecule has 0 saturated heterocycles. The van der Waals surface area contributed by atoms with Crippen molar-refractivity contribution in [1.82, 2.24) is 4.98 Å². The highest BCUT2D eigenvalue weighted by molar-refractivity contribution is 6.31. The van der Waals surface area contributed by atoms with Gasteiger partial charge >= 0.3 is 0 Å². The summed E-state index contributed by atoms with van der Waals surface area (Å²) in [6, 6.07) is 8.11. The van der Waals surface area contributed by atoms with Gasteiger partial charge in [0.25, 0.3) is 0 Å². The molecular formula is C11H13ClN2. The summed E-state index contributed by atoms with van der Waals surface area (Å²) < 4.78 is 0. The van der Waals surface area contributed by atoms with Crippen LogP contribution in [0.5, 0.6) is 0 Å². The van der Waals surface area contributed by atoms with E-state index in [2.05, 4.69) is 11.1 Å². The van der Waals surface area contributed by atoms with E-state index in [0.717, 1.165) is 28.0 Å². The second-order valence-corrected chi connectivity index (χ2v) is 4.14. The number of fused-ring (bicyclic) bond motifs is 1. The summed E-state index contributed by atoms with van der Waals surface area (Å²) in [5, 5.41) is 1.91. The number of nitrogens with one attached hydrogen (secondary N) is 1. The van der Waals surface area contributed by atoms with E-state index in [1.165, 1.54) is 0 Å². The van der Waals surface area contributed by atoms with E-state index in [4.69, 9.17) is 17.3 Å². The van der Waals surface area contributed by atoms with Crippen LogP contribution in [-0.4, -0.2) is 11.0 Å². The second kappa shape index (κ2) is 3.64. The van der Waals surface area contributed by atoms with Crippen LogP contribution in [0.1, 0.15) is 12.6 Å². The summed E-state index contributed by atoms with van der Waals surface area (Å²) in [5.41, 5.74) is 8.01. The van der Waals surface area contributed by atoms with Crippen LogP contribution in [0.2, 0.25) is 5.02 Å². The lowest BCUT2D eigenvalue weighted by Gasteiger charge is -2.00. The molecule has 0 aliphatic carbocycles. The highest BCUT2D eigenvalue weighted by Gasteiger charge is 2.03. The van der Waals surface area contributed by atoms with Crippen molar-refractivity contribution >= 4 is 22.5 Å². The molecule has 1 aromatic carbocycles. The Bertz CT molecular complexity index is 445. The molecular weight excluding hydrogens is 196 g/mol. The molecule has 1 aromatic heterocycles. The zero-order chi connectivity index (χ0) is 10.1. The molecule has 0 aliphatic heterocycles. The predicted octanol–water partition coefficient (Wildman–Crippen LogP) is 2.71. The monoisotopic (exact) mass is 208 g/mol. The zero-order valence-electron chi connectivity index (χ0n) is 8.05. The maximum absolute atomic E-state index is 5.90. The van der Waals surface area contributed by atoms with Gasteiger partial charge in [-0.2, -0.15) is 0 Å². The number of halogens is 1. The molecule has 1 unspecified atom stereocenters. The quantitative estimate of drug-likeness (QED) is 0.783. The maximum atomic E-state index is 5.90. The highest BCUT2D eigenvalue weighted by atomic mass is 35.5. The Hall–Kier alpha value is -0.990. The van der Waals surface area contributed by atoms with E-state index in [0.29, 0.717) is 0 Å². The van der Waals surface area contributed by atoms with Gasteiger partial charge < -0.3 is 10.7 Å². The van der Waals surface area contributed by atoms with Gasteiger partial charge in [0.2, 0.25) is 0 Å². The lowest BCUT2D eigenvalue weighted by atomic mass is 10.2. The van der Waals surface area contributed by atoms with Gasteiger partial charge in [-0.3, -0.25) is 0 Å². The number of nitrogens with two attached hydrogens (primary N) is 1. The van der Waals surface area contributed by atoms with Gasteiger partial charge in [0.15, 0.2) is 0 Å². The molecule has 1 heterocycles. The molecule has 2 nitrogen and oxygen atoms in total. The van der Waals surface area contributed by atoms with Crippen molar-refractivity contribution in [3.63, 3.8) is 0 Å². The number of aromatic nitrogens is 1. The molecule has 0 spiro atoms. The Kier molecular flexibility index (Phi) is 2.48. The predicted molar refractivity (Wildman–Crippen MR) is 60.7 cm³/mol. The van der Waals surface area contributed by atoms with Crippen molar-refractivity contribution in [2.45, 2.75) is 19.4 Å². The SMILES string of the molecule is CC(N)Cc1cc2cc(Cl)ccc2[nH]1. The van der Waals surface area contributed by atoms with Crippen molar-refractivity contribution < 1.29 is 0 Å². The minimum Gasteiger partial charge on any atom is -0.358 e. The summed E-state index contributed by atoms with van der Waals surface area (Å²) in [4.78, 5) is 3.32. The molecule has 0 aliphatic rings. The molecule has 0 bridgehead atoms. The summed E-state index contributed by atoms with van der Waals surface area (Å²) in [6.07, 6.45) is 0.867. The first-order chi connectivity index (χ1) is 6.65. The Morgan fingerprint density at radius 1 is 1.43 bits per heavy atom. The highest BCUT2D eigenvalue weighted by Crippen LogP contribution is 2.20. The van der Waals surface area contributed by atoms with E-state index >= 15 is 0 Å². The lowest BCUT2D eigenvalue weighted by molar-refractivity contribution is 0.727. The third-order valence-electron chi connectivity index (χ3n) is 2.18. The molecule has 14 heavy (non-hydrogen) atoms. The normalized spacial score (nSPS) is 13.4. The first-order valence-electron chi connectivity index (χ1n) is 4.68. The molecule has 0 saturated carbocycles. The van der Waals surface area contributed by atoms with Gasteiger partial charge in [0.05, 0.1) is 0 Å². The third kappa shape index (κ3) is 1.91. The number of aromatic amines is 1. The van der Waals surface area contributed by atoms with Gasteiger partial charge in [-0.25, -0.2) is 0 Å². The average molecular weight is 209 g/mol. The van der Waals surface area contributed by atoms with E-state index in [1.807, 2.05) is 25.1 Å². The molecule has 74 valence electrons. The molecule has 2 rings (SSSR count). The first kappa shape index (κ1) is 9.56. The van der Waals surface area contributed by atoms with Gasteiger partial charge in [0, 0.05) is 34.1 Å². The van der Waals surface area contributed by atoms with E-state index < -0.39 is 0 Å². The fourth-order valence-electron chi connectivity index (χ4n) is 1.62. The number of benzene rings is 1. The standard InChI is InChI=1S/C11H13ClN2/c1-7(13)4-10-6-8-5-9(12)2-3-11(8)14-10/h2-3,5-7,14H,4,13H2,1H3. The number of H-pyrrole nitrogens is 1. The van der Waals surface area contributed by atoms with E-state index in [1.54, 1.807) is 0 Å². The van der Waals surface area contributed by atoms with E-state index in [-0.39, 0.29) is 6.04 Å². The van der Waals surface area contributed by atoms with Crippen LogP contribution in [0.3, 0.4) is 0 Å². The fraction of sp³-hybridized carbons (Fsp3) is 0.273. The zero-order valence-corrected chi connectivity index (χ0v) is 8.81. The molecule has 3 N–H and O–H groups in total. The first-order valence-corrected chi connectivity index (χ1v) is 5.05. The third-order valence-corrected chi connectivity index (χ3v) is 2.42. The van der Waals surface area contributed by atoms with Crippen molar-refractivity contribution in [3.8, 4) is 0 Å². The van der Waals surface area contributed by atoms with E-state index in [9.17, 15) is 0 Å². The molecule has 1 atom stereocenters. The molecule has 3 heteroatoms. The minimum atomic E-state index is 0.179. The lowest BCUT2D eigenvalue weighted by Crippen LogP contribution is -2.17. The van der Waals surface area contributed by atoms with Crippen LogP contribution in [-0.2, 0) is 6.42 Å². The van der Waals surface area contributed by atoms with Gasteiger partial charge in [-0.05, 0) is 31.2 Å². The number of hydrogen-bond acceptors (Lipinski definition) is 1. The van der Waals surface area contributed by atoms with Crippen molar-refractivity contribution in [1.29, 1.82) is 0 Å². The van der Waals surface area contributed by atoms with Crippen LogP contribution in [0, 0.1) is 0 Å². The average Bonchev–Trinajstić information content (AvgIpc) is 2.44. The van der Waals surface area contributed by atoms with Gasteiger partial charge in [-0.15, -0.1) is 0 Å². The Morgan fingerprint density at radius 3 is 2.93 bits per heavy atom. The summed E-state index contributed by atoms with van der Waals surface area (Å²) in [7, 11) is 0. The topological polar surface area (TPSA) is 41.8 Å². The van der Waals surface area contributed by atoms with Gasteiger partial charge in [0.1, 0.15) is 0 Å². The second-order valence-electron chi connectivity index (χ2n) is 3.71. The minimum absolute atomic E-state index is 0.179. The Balaban J connectivity index is 2.41. The maximum Gasteiger partial charge on any atom is 0.0457 e. The summed E-state index contributed by atoms with van der Waals surface area (Å²) in [5.74, 6) is 0.